The van der Waals surface area contributed by atoms with Crippen molar-refractivity contribution in [2.75, 3.05) is 0 Å². The first-order valence-electron chi connectivity index (χ1n) is 10.6. The van der Waals surface area contributed by atoms with Crippen molar-refractivity contribution in [3.63, 3.8) is 0 Å². The quantitative estimate of drug-likeness (QED) is 0.300. The van der Waals surface area contributed by atoms with Crippen LogP contribution in [0.1, 0.15) is 22.3 Å². The van der Waals surface area contributed by atoms with Crippen LogP contribution < -0.4 is 0 Å². The van der Waals surface area contributed by atoms with Crippen molar-refractivity contribution in [2.45, 2.75) is 12.5 Å². The fourth-order valence-corrected chi connectivity index (χ4v) is 4.32. The maximum atomic E-state index is 5.13. The third kappa shape index (κ3) is 3.36. The standard InChI is InChI=1S/C29H24N2/c1-23-17-19-24(20-18-23)28-21-22-31(30-28)29(25-11-5-2-6-12-25,26-13-7-3-8-14-26)27-15-9-4-10-16-27/h2-22H,1H3. The summed E-state index contributed by atoms with van der Waals surface area (Å²) in [5, 5.41) is 5.13. The number of benzene rings is 4. The van der Waals surface area contributed by atoms with Crippen LogP contribution in [-0.4, -0.2) is 9.78 Å². The Hall–Kier alpha value is -3.91. The van der Waals surface area contributed by atoms with Crippen molar-refractivity contribution in [1.82, 2.24) is 9.78 Å². The fraction of sp³-hybridized carbons (Fsp3) is 0.0690. The molecule has 0 atom stereocenters. The highest BCUT2D eigenvalue weighted by atomic mass is 15.3. The van der Waals surface area contributed by atoms with Gasteiger partial charge in [-0.3, -0.25) is 4.68 Å². The molecule has 0 saturated heterocycles. The van der Waals surface area contributed by atoms with Crippen LogP contribution in [0.3, 0.4) is 0 Å². The molecule has 2 nitrogen and oxygen atoms in total. The van der Waals surface area contributed by atoms with Crippen molar-refractivity contribution in [3.8, 4) is 11.3 Å². The average molecular weight is 401 g/mol. The van der Waals surface area contributed by atoms with E-state index in [1.165, 1.54) is 22.3 Å². The molecule has 0 bridgehead atoms. The first-order valence-corrected chi connectivity index (χ1v) is 10.6. The van der Waals surface area contributed by atoms with E-state index in [4.69, 9.17) is 5.10 Å². The van der Waals surface area contributed by atoms with Crippen molar-refractivity contribution < 1.29 is 0 Å². The van der Waals surface area contributed by atoms with Crippen molar-refractivity contribution in [2.24, 2.45) is 0 Å². The van der Waals surface area contributed by atoms with Crippen LogP contribution in [0.25, 0.3) is 11.3 Å². The second-order valence-corrected chi connectivity index (χ2v) is 7.82. The Morgan fingerprint density at radius 1 is 0.548 bits per heavy atom. The summed E-state index contributed by atoms with van der Waals surface area (Å²) in [6.45, 7) is 2.10. The van der Waals surface area contributed by atoms with E-state index in [0.29, 0.717) is 0 Å². The Morgan fingerprint density at radius 3 is 1.45 bits per heavy atom. The molecule has 0 N–H and O–H groups in total. The van der Waals surface area contributed by atoms with Gasteiger partial charge in [-0.15, -0.1) is 0 Å². The van der Waals surface area contributed by atoms with Gasteiger partial charge in [-0.25, -0.2) is 0 Å². The van der Waals surface area contributed by atoms with E-state index in [9.17, 15) is 0 Å². The van der Waals surface area contributed by atoms with Gasteiger partial charge in [0.1, 0.15) is 5.54 Å². The van der Waals surface area contributed by atoms with E-state index in [0.717, 1.165) is 11.3 Å². The molecule has 0 saturated carbocycles. The lowest BCUT2D eigenvalue weighted by Gasteiger charge is -2.36. The number of rotatable bonds is 5. The van der Waals surface area contributed by atoms with Crippen LogP contribution >= 0.6 is 0 Å². The summed E-state index contributed by atoms with van der Waals surface area (Å²) in [5.41, 5.74) is 6.27. The molecule has 0 aliphatic rings. The van der Waals surface area contributed by atoms with Crippen molar-refractivity contribution in [3.05, 3.63) is 150 Å². The molecule has 0 radical (unpaired) electrons. The molecule has 1 heterocycles. The van der Waals surface area contributed by atoms with Crippen molar-refractivity contribution in [1.29, 1.82) is 0 Å². The molecule has 2 heteroatoms. The van der Waals surface area contributed by atoms with Crippen LogP contribution in [0.2, 0.25) is 0 Å². The van der Waals surface area contributed by atoms with E-state index < -0.39 is 5.54 Å². The van der Waals surface area contributed by atoms with E-state index in [2.05, 4.69) is 139 Å². The fourth-order valence-electron chi connectivity index (χ4n) is 4.32. The van der Waals surface area contributed by atoms with Gasteiger partial charge in [0.15, 0.2) is 0 Å². The summed E-state index contributed by atoms with van der Waals surface area (Å²) in [6.07, 6.45) is 2.10. The molecule has 0 unspecified atom stereocenters. The number of aryl methyl sites for hydroxylation is 1. The summed E-state index contributed by atoms with van der Waals surface area (Å²) < 4.78 is 2.11. The predicted octanol–water partition coefficient (Wildman–Crippen LogP) is 6.70. The van der Waals surface area contributed by atoms with Gasteiger partial charge < -0.3 is 0 Å². The maximum Gasteiger partial charge on any atom is 0.138 e. The van der Waals surface area contributed by atoms with Gasteiger partial charge in [0, 0.05) is 11.8 Å². The summed E-state index contributed by atoms with van der Waals surface area (Å²) >= 11 is 0. The minimum atomic E-state index is -0.577. The monoisotopic (exact) mass is 400 g/mol. The summed E-state index contributed by atoms with van der Waals surface area (Å²) in [7, 11) is 0. The van der Waals surface area contributed by atoms with Gasteiger partial charge in [-0.1, -0.05) is 121 Å². The lowest BCUT2D eigenvalue weighted by molar-refractivity contribution is 0.461. The number of aromatic nitrogens is 2. The summed E-state index contributed by atoms with van der Waals surface area (Å²) in [4.78, 5) is 0. The third-order valence-corrected chi connectivity index (χ3v) is 5.85. The van der Waals surface area contributed by atoms with Gasteiger partial charge >= 0.3 is 0 Å². The minimum Gasteiger partial charge on any atom is -0.253 e. The molecule has 150 valence electrons. The molecule has 0 aliphatic heterocycles. The van der Waals surface area contributed by atoms with Crippen molar-refractivity contribution >= 4 is 0 Å². The Labute approximate surface area is 183 Å². The minimum absolute atomic E-state index is 0.577. The second kappa shape index (κ2) is 8.08. The van der Waals surface area contributed by atoms with E-state index in [1.54, 1.807) is 0 Å². The number of hydrogen-bond acceptors (Lipinski definition) is 1. The summed E-state index contributed by atoms with van der Waals surface area (Å²) in [6, 6.07) is 42.5. The highest BCUT2D eigenvalue weighted by Gasteiger charge is 2.39. The van der Waals surface area contributed by atoms with Gasteiger partial charge in [-0.05, 0) is 29.7 Å². The SMILES string of the molecule is Cc1ccc(-c2ccn(C(c3ccccc3)(c3ccccc3)c3ccccc3)n2)cc1. The summed E-state index contributed by atoms with van der Waals surface area (Å²) in [5.74, 6) is 0. The molecule has 0 spiro atoms. The Bertz CT molecular complexity index is 1160. The molecule has 5 rings (SSSR count). The molecular formula is C29H24N2. The highest BCUT2D eigenvalue weighted by molar-refractivity contribution is 5.60. The highest BCUT2D eigenvalue weighted by Crippen LogP contribution is 2.40. The maximum absolute atomic E-state index is 5.13. The van der Waals surface area contributed by atoms with Crippen LogP contribution in [0.4, 0.5) is 0 Å². The van der Waals surface area contributed by atoms with E-state index in [1.807, 2.05) is 0 Å². The average Bonchev–Trinajstić information content (AvgIpc) is 3.33. The molecule has 5 aromatic rings. The largest absolute Gasteiger partial charge is 0.253 e. The smallest absolute Gasteiger partial charge is 0.138 e. The van der Waals surface area contributed by atoms with Gasteiger partial charge in [-0.2, -0.15) is 5.10 Å². The zero-order chi connectivity index (χ0) is 21.1. The zero-order valence-corrected chi connectivity index (χ0v) is 17.5. The van der Waals surface area contributed by atoms with Gasteiger partial charge in [0.2, 0.25) is 0 Å². The first kappa shape index (κ1) is 19.1. The molecule has 0 aliphatic carbocycles. The Kier molecular flexibility index (Phi) is 4.97. The van der Waals surface area contributed by atoms with Crippen LogP contribution in [0.5, 0.6) is 0 Å². The molecule has 0 fully saturated rings. The van der Waals surface area contributed by atoms with Crippen LogP contribution in [0.15, 0.2) is 128 Å². The molecule has 4 aromatic carbocycles. The van der Waals surface area contributed by atoms with Gasteiger partial charge in [0.05, 0.1) is 5.69 Å². The molecule has 31 heavy (non-hydrogen) atoms. The van der Waals surface area contributed by atoms with Crippen LogP contribution in [-0.2, 0) is 5.54 Å². The Morgan fingerprint density at radius 2 is 1.00 bits per heavy atom. The first-order chi connectivity index (χ1) is 15.3. The van der Waals surface area contributed by atoms with E-state index in [-0.39, 0.29) is 0 Å². The zero-order valence-electron chi connectivity index (χ0n) is 17.5. The molecule has 1 aromatic heterocycles. The lowest BCUT2D eigenvalue weighted by Crippen LogP contribution is -2.38. The lowest BCUT2D eigenvalue weighted by atomic mass is 9.77. The van der Waals surface area contributed by atoms with E-state index >= 15 is 0 Å². The predicted molar refractivity (Wildman–Crippen MR) is 127 cm³/mol. The normalized spacial score (nSPS) is 11.4. The Balaban J connectivity index is 1.80. The number of hydrogen-bond donors (Lipinski definition) is 0. The van der Waals surface area contributed by atoms with Crippen LogP contribution in [0, 0.1) is 6.92 Å². The molecule has 0 amide bonds. The molecular weight excluding hydrogens is 376 g/mol. The van der Waals surface area contributed by atoms with Gasteiger partial charge in [0.25, 0.3) is 0 Å². The number of nitrogens with zero attached hydrogens (tertiary/aromatic N) is 2. The topological polar surface area (TPSA) is 17.8 Å². The second-order valence-electron chi connectivity index (χ2n) is 7.82. The third-order valence-electron chi connectivity index (χ3n) is 5.85.